The number of amides is 1. The lowest BCUT2D eigenvalue weighted by atomic mass is 9.95. The molecule has 1 amide bonds. The van der Waals surface area contributed by atoms with Crippen molar-refractivity contribution in [1.82, 2.24) is 5.32 Å². The number of carboxylic acids is 1. The lowest BCUT2D eigenvalue weighted by Gasteiger charge is -2.23. The van der Waals surface area contributed by atoms with Crippen LogP contribution in [0.5, 0.6) is 0 Å². The summed E-state index contributed by atoms with van der Waals surface area (Å²) in [6.45, 7) is 2.69. The van der Waals surface area contributed by atoms with Crippen molar-refractivity contribution in [1.29, 1.82) is 0 Å². The number of carbonyl (C=O) groups is 2. The van der Waals surface area contributed by atoms with E-state index in [9.17, 15) is 9.59 Å². The van der Waals surface area contributed by atoms with E-state index in [1.807, 2.05) is 6.92 Å². The zero-order chi connectivity index (χ0) is 13.1. The molecule has 18 heavy (non-hydrogen) atoms. The van der Waals surface area contributed by atoms with Gasteiger partial charge < -0.3 is 15.2 Å². The molecule has 102 valence electrons. The zero-order valence-electron chi connectivity index (χ0n) is 10.7. The van der Waals surface area contributed by atoms with E-state index in [2.05, 4.69) is 5.32 Å². The molecule has 2 aliphatic rings. The van der Waals surface area contributed by atoms with Crippen LogP contribution in [-0.4, -0.2) is 35.7 Å². The van der Waals surface area contributed by atoms with Gasteiger partial charge in [0.2, 0.25) is 5.91 Å². The van der Waals surface area contributed by atoms with Crippen molar-refractivity contribution in [2.75, 3.05) is 6.61 Å². The predicted octanol–water partition coefficient (Wildman–Crippen LogP) is 1.17. The number of rotatable bonds is 4. The first-order valence-electron chi connectivity index (χ1n) is 6.74. The summed E-state index contributed by atoms with van der Waals surface area (Å²) in [5.74, 6) is -1.85. The molecule has 5 nitrogen and oxygen atoms in total. The van der Waals surface area contributed by atoms with Gasteiger partial charge in [-0.1, -0.05) is 6.42 Å². The molecule has 2 unspecified atom stereocenters. The third kappa shape index (κ3) is 2.83. The van der Waals surface area contributed by atoms with Gasteiger partial charge in [0.05, 0.1) is 24.0 Å². The SMILES string of the molecule is CC(NC(=O)[C@@H]1CCC[C@@H]1C(=O)O)C1CCCO1. The van der Waals surface area contributed by atoms with Crippen molar-refractivity contribution >= 4 is 11.9 Å². The average Bonchev–Trinajstić information content (AvgIpc) is 3.00. The van der Waals surface area contributed by atoms with Gasteiger partial charge in [-0.2, -0.15) is 0 Å². The first-order chi connectivity index (χ1) is 8.59. The van der Waals surface area contributed by atoms with Crippen molar-refractivity contribution in [3.05, 3.63) is 0 Å². The van der Waals surface area contributed by atoms with Crippen LogP contribution in [-0.2, 0) is 14.3 Å². The van der Waals surface area contributed by atoms with Crippen LogP contribution in [0.4, 0.5) is 0 Å². The highest BCUT2D eigenvalue weighted by molar-refractivity contribution is 5.85. The Balaban J connectivity index is 1.88. The molecule has 0 aromatic rings. The second-order valence-corrected chi connectivity index (χ2v) is 5.33. The van der Waals surface area contributed by atoms with E-state index in [-0.39, 0.29) is 24.0 Å². The van der Waals surface area contributed by atoms with Crippen LogP contribution in [0.25, 0.3) is 0 Å². The molecular weight excluding hydrogens is 234 g/mol. The van der Waals surface area contributed by atoms with Crippen LogP contribution in [0.15, 0.2) is 0 Å². The second kappa shape index (κ2) is 5.69. The summed E-state index contributed by atoms with van der Waals surface area (Å²) in [4.78, 5) is 23.2. The number of hydrogen-bond acceptors (Lipinski definition) is 3. The summed E-state index contributed by atoms with van der Waals surface area (Å²) < 4.78 is 5.52. The molecule has 2 rings (SSSR count). The number of ether oxygens (including phenoxy) is 1. The molecule has 0 aromatic heterocycles. The van der Waals surface area contributed by atoms with Crippen LogP contribution in [0.1, 0.15) is 39.0 Å². The molecule has 0 radical (unpaired) electrons. The van der Waals surface area contributed by atoms with Gasteiger partial charge >= 0.3 is 5.97 Å². The Morgan fingerprint density at radius 1 is 1.22 bits per heavy atom. The van der Waals surface area contributed by atoms with Crippen LogP contribution >= 0.6 is 0 Å². The number of hydrogen-bond donors (Lipinski definition) is 2. The number of aliphatic carboxylic acids is 1. The summed E-state index contributed by atoms with van der Waals surface area (Å²) >= 11 is 0. The quantitative estimate of drug-likeness (QED) is 0.790. The zero-order valence-corrected chi connectivity index (χ0v) is 10.7. The normalized spacial score (nSPS) is 33.3. The minimum absolute atomic E-state index is 0.0324. The third-order valence-corrected chi connectivity index (χ3v) is 4.06. The van der Waals surface area contributed by atoms with Gasteiger partial charge in [0.1, 0.15) is 0 Å². The van der Waals surface area contributed by atoms with E-state index in [0.717, 1.165) is 25.9 Å². The summed E-state index contributed by atoms with van der Waals surface area (Å²) in [6.07, 6.45) is 4.20. The van der Waals surface area contributed by atoms with Crippen molar-refractivity contribution in [2.24, 2.45) is 11.8 Å². The number of carboxylic acid groups (broad SMARTS) is 1. The van der Waals surface area contributed by atoms with Crippen molar-refractivity contribution < 1.29 is 19.4 Å². The highest BCUT2D eigenvalue weighted by Crippen LogP contribution is 2.32. The van der Waals surface area contributed by atoms with Crippen molar-refractivity contribution in [2.45, 2.75) is 51.2 Å². The van der Waals surface area contributed by atoms with Crippen LogP contribution in [0, 0.1) is 11.8 Å². The van der Waals surface area contributed by atoms with E-state index < -0.39 is 11.9 Å². The van der Waals surface area contributed by atoms with Gasteiger partial charge in [-0.3, -0.25) is 9.59 Å². The Bertz CT molecular complexity index is 325. The average molecular weight is 255 g/mol. The predicted molar refractivity (Wildman–Crippen MR) is 65.0 cm³/mol. The molecule has 1 heterocycles. The number of carbonyl (C=O) groups excluding carboxylic acids is 1. The smallest absolute Gasteiger partial charge is 0.307 e. The summed E-state index contributed by atoms with van der Waals surface area (Å²) in [7, 11) is 0. The fraction of sp³-hybridized carbons (Fsp3) is 0.846. The van der Waals surface area contributed by atoms with Gasteiger partial charge in [0.25, 0.3) is 0 Å². The largest absolute Gasteiger partial charge is 0.481 e. The fourth-order valence-electron chi connectivity index (χ4n) is 2.99. The van der Waals surface area contributed by atoms with E-state index in [0.29, 0.717) is 12.8 Å². The first kappa shape index (κ1) is 13.3. The Kier molecular flexibility index (Phi) is 4.22. The summed E-state index contributed by atoms with van der Waals surface area (Å²) in [5.41, 5.74) is 0. The summed E-state index contributed by atoms with van der Waals surface area (Å²) in [6, 6.07) is -0.0324. The molecule has 4 atom stereocenters. The van der Waals surface area contributed by atoms with Crippen molar-refractivity contribution in [3.8, 4) is 0 Å². The summed E-state index contributed by atoms with van der Waals surface area (Å²) in [5, 5.41) is 12.0. The molecule has 0 aromatic carbocycles. The molecule has 1 aliphatic carbocycles. The molecule has 0 spiro atoms. The first-order valence-corrected chi connectivity index (χ1v) is 6.74. The van der Waals surface area contributed by atoms with Crippen molar-refractivity contribution in [3.63, 3.8) is 0 Å². The Morgan fingerprint density at radius 3 is 2.56 bits per heavy atom. The third-order valence-electron chi connectivity index (χ3n) is 4.06. The molecule has 1 saturated carbocycles. The molecule has 1 saturated heterocycles. The minimum Gasteiger partial charge on any atom is -0.481 e. The van der Waals surface area contributed by atoms with E-state index in [1.54, 1.807) is 0 Å². The standard InChI is InChI=1S/C13H21NO4/c1-8(11-6-3-7-18-11)14-12(15)9-4-2-5-10(9)13(16)17/h8-11H,2-7H2,1H3,(H,14,15)(H,16,17)/t8?,9-,10+,11?/m1/s1. The fourth-order valence-corrected chi connectivity index (χ4v) is 2.99. The van der Waals surface area contributed by atoms with E-state index in [1.165, 1.54) is 0 Å². The Hall–Kier alpha value is -1.10. The maximum atomic E-state index is 12.1. The molecule has 1 aliphatic heterocycles. The molecular formula is C13H21NO4. The topological polar surface area (TPSA) is 75.6 Å². The number of nitrogens with one attached hydrogen (secondary N) is 1. The Morgan fingerprint density at radius 2 is 1.94 bits per heavy atom. The highest BCUT2D eigenvalue weighted by Gasteiger charge is 2.38. The van der Waals surface area contributed by atoms with Crippen LogP contribution in [0.3, 0.4) is 0 Å². The van der Waals surface area contributed by atoms with Gasteiger partial charge in [-0.15, -0.1) is 0 Å². The van der Waals surface area contributed by atoms with Crippen LogP contribution < -0.4 is 5.32 Å². The minimum atomic E-state index is -0.850. The lowest BCUT2D eigenvalue weighted by molar-refractivity contribution is -0.146. The van der Waals surface area contributed by atoms with Gasteiger partial charge in [0.15, 0.2) is 0 Å². The lowest BCUT2D eigenvalue weighted by Crippen LogP contribution is -2.45. The maximum Gasteiger partial charge on any atom is 0.307 e. The second-order valence-electron chi connectivity index (χ2n) is 5.33. The van der Waals surface area contributed by atoms with Gasteiger partial charge in [-0.05, 0) is 32.6 Å². The monoisotopic (exact) mass is 255 g/mol. The highest BCUT2D eigenvalue weighted by atomic mass is 16.5. The van der Waals surface area contributed by atoms with E-state index >= 15 is 0 Å². The maximum absolute atomic E-state index is 12.1. The van der Waals surface area contributed by atoms with Gasteiger partial charge in [0, 0.05) is 6.61 Å². The molecule has 5 heteroatoms. The molecule has 2 fully saturated rings. The Labute approximate surface area is 107 Å². The molecule has 0 bridgehead atoms. The van der Waals surface area contributed by atoms with Gasteiger partial charge in [-0.25, -0.2) is 0 Å². The van der Waals surface area contributed by atoms with E-state index in [4.69, 9.17) is 9.84 Å². The van der Waals surface area contributed by atoms with Crippen LogP contribution in [0.2, 0.25) is 0 Å². The molecule has 2 N–H and O–H groups in total.